The van der Waals surface area contributed by atoms with Crippen molar-refractivity contribution >= 4 is 11.7 Å². The third-order valence-corrected chi connectivity index (χ3v) is 3.68. The van der Waals surface area contributed by atoms with Crippen molar-refractivity contribution in [1.82, 2.24) is 9.88 Å². The number of pyridine rings is 1. The van der Waals surface area contributed by atoms with Crippen LogP contribution in [0.3, 0.4) is 0 Å². The van der Waals surface area contributed by atoms with Crippen LogP contribution in [0.25, 0.3) is 0 Å². The maximum absolute atomic E-state index is 12.3. The van der Waals surface area contributed by atoms with Gasteiger partial charge in [0.05, 0.1) is 18.8 Å². The summed E-state index contributed by atoms with van der Waals surface area (Å²) in [6, 6.07) is 11.1. The van der Waals surface area contributed by atoms with E-state index in [0.29, 0.717) is 31.2 Å². The van der Waals surface area contributed by atoms with E-state index in [1.54, 1.807) is 25.1 Å². The number of anilines is 1. The number of ether oxygens (including phenoxy) is 2. The highest BCUT2D eigenvalue weighted by molar-refractivity contribution is 5.89. The standard InChI is InChI=1S/C19H25N3O3/c1-4-15-8-9-17(20-13-15)14-22(2)19(23)21-16-6-5-7-18(12-16)25-11-10-24-3/h5-9,12-13H,4,10-11,14H2,1-3H3,(H,21,23). The lowest BCUT2D eigenvalue weighted by Crippen LogP contribution is -2.31. The quantitative estimate of drug-likeness (QED) is 0.747. The molecule has 1 heterocycles. The summed E-state index contributed by atoms with van der Waals surface area (Å²) < 4.78 is 10.5. The van der Waals surface area contributed by atoms with Crippen LogP contribution in [0.2, 0.25) is 0 Å². The van der Waals surface area contributed by atoms with Crippen molar-refractivity contribution in [3.63, 3.8) is 0 Å². The lowest BCUT2D eigenvalue weighted by Gasteiger charge is -2.18. The Morgan fingerprint density at radius 3 is 2.76 bits per heavy atom. The number of nitrogens with one attached hydrogen (secondary N) is 1. The molecular formula is C19H25N3O3. The first kappa shape index (κ1) is 18.7. The van der Waals surface area contributed by atoms with Gasteiger partial charge < -0.3 is 19.7 Å². The molecule has 0 saturated carbocycles. The molecule has 1 aromatic heterocycles. The second-order valence-electron chi connectivity index (χ2n) is 5.67. The molecule has 1 aromatic carbocycles. The Hall–Kier alpha value is -2.60. The molecule has 2 aromatic rings. The van der Waals surface area contributed by atoms with Crippen LogP contribution in [-0.2, 0) is 17.7 Å². The molecule has 0 unspecified atom stereocenters. The summed E-state index contributed by atoms with van der Waals surface area (Å²) in [5.74, 6) is 0.689. The molecule has 0 aliphatic rings. The number of aryl methyl sites for hydroxylation is 1. The van der Waals surface area contributed by atoms with E-state index in [1.165, 1.54) is 5.56 Å². The number of benzene rings is 1. The van der Waals surface area contributed by atoms with Gasteiger partial charge in [-0.25, -0.2) is 4.79 Å². The molecule has 0 radical (unpaired) electrons. The van der Waals surface area contributed by atoms with Crippen molar-refractivity contribution in [2.75, 3.05) is 32.7 Å². The van der Waals surface area contributed by atoms with Crippen LogP contribution in [0.15, 0.2) is 42.6 Å². The Bertz CT molecular complexity index is 674. The first-order valence-electron chi connectivity index (χ1n) is 8.30. The fourth-order valence-corrected chi connectivity index (χ4v) is 2.20. The van der Waals surface area contributed by atoms with E-state index in [0.717, 1.165) is 12.1 Å². The van der Waals surface area contributed by atoms with Crippen molar-refractivity contribution in [2.24, 2.45) is 0 Å². The minimum atomic E-state index is -0.199. The van der Waals surface area contributed by atoms with Crippen LogP contribution in [-0.4, -0.2) is 43.3 Å². The first-order valence-corrected chi connectivity index (χ1v) is 8.30. The number of hydrogen-bond acceptors (Lipinski definition) is 4. The molecule has 6 heteroatoms. The van der Waals surface area contributed by atoms with E-state index in [1.807, 2.05) is 36.5 Å². The monoisotopic (exact) mass is 343 g/mol. The Labute approximate surface area is 148 Å². The fraction of sp³-hybridized carbons (Fsp3) is 0.368. The number of rotatable bonds is 8. The Morgan fingerprint density at radius 2 is 2.08 bits per heavy atom. The smallest absolute Gasteiger partial charge is 0.321 e. The summed E-state index contributed by atoms with van der Waals surface area (Å²) >= 11 is 0. The second-order valence-corrected chi connectivity index (χ2v) is 5.67. The normalized spacial score (nSPS) is 10.4. The number of nitrogens with zero attached hydrogens (tertiary/aromatic N) is 2. The zero-order chi connectivity index (χ0) is 18.1. The highest BCUT2D eigenvalue weighted by Crippen LogP contribution is 2.18. The van der Waals surface area contributed by atoms with E-state index >= 15 is 0 Å². The molecule has 0 fully saturated rings. The minimum Gasteiger partial charge on any atom is -0.491 e. The van der Waals surface area contributed by atoms with Gasteiger partial charge in [0.25, 0.3) is 0 Å². The van der Waals surface area contributed by atoms with Crippen molar-refractivity contribution < 1.29 is 14.3 Å². The predicted molar refractivity (Wildman–Crippen MR) is 97.9 cm³/mol. The highest BCUT2D eigenvalue weighted by Gasteiger charge is 2.10. The number of carbonyl (C=O) groups excluding carboxylic acids is 1. The average molecular weight is 343 g/mol. The molecule has 6 nitrogen and oxygen atoms in total. The van der Waals surface area contributed by atoms with Gasteiger partial charge in [0, 0.05) is 32.1 Å². The van der Waals surface area contributed by atoms with Crippen molar-refractivity contribution in [1.29, 1.82) is 0 Å². The molecule has 1 N–H and O–H groups in total. The van der Waals surface area contributed by atoms with E-state index in [9.17, 15) is 4.79 Å². The van der Waals surface area contributed by atoms with E-state index < -0.39 is 0 Å². The summed E-state index contributed by atoms with van der Waals surface area (Å²) in [7, 11) is 3.37. The van der Waals surface area contributed by atoms with Crippen molar-refractivity contribution in [3.05, 3.63) is 53.9 Å². The molecule has 25 heavy (non-hydrogen) atoms. The van der Waals surface area contributed by atoms with E-state index in [2.05, 4.69) is 17.2 Å². The third kappa shape index (κ3) is 6.08. The van der Waals surface area contributed by atoms with Gasteiger partial charge in [0.2, 0.25) is 0 Å². The van der Waals surface area contributed by atoms with Crippen LogP contribution >= 0.6 is 0 Å². The van der Waals surface area contributed by atoms with Crippen LogP contribution in [0.4, 0.5) is 10.5 Å². The summed E-state index contributed by atoms with van der Waals surface area (Å²) in [6.07, 6.45) is 2.80. The molecule has 2 rings (SSSR count). The third-order valence-electron chi connectivity index (χ3n) is 3.68. The zero-order valence-corrected chi connectivity index (χ0v) is 15.0. The van der Waals surface area contributed by atoms with Crippen LogP contribution in [0, 0.1) is 0 Å². The maximum Gasteiger partial charge on any atom is 0.321 e. The largest absolute Gasteiger partial charge is 0.491 e. The van der Waals surface area contributed by atoms with Crippen molar-refractivity contribution in [3.8, 4) is 5.75 Å². The van der Waals surface area contributed by atoms with E-state index in [4.69, 9.17) is 9.47 Å². The number of carbonyl (C=O) groups is 1. The highest BCUT2D eigenvalue weighted by atomic mass is 16.5. The number of hydrogen-bond donors (Lipinski definition) is 1. The number of urea groups is 1. The molecular weight excluding hydrogens is 318 g/mol. The maximum atomic E-state index is 12.3. The lowest BCUT2D eigenvalue weighted by molar-refractivity contribution is 0.146. The lowest BCUT2D eigenvalue weighted by atomic mass is 10.2. The Balaban J connectivity index is 1.90. The van der Waals surface area contributed by atoms with Gasteiger partial charge in [0.15, 0.2) is 0 Å². The van der Waals surface area contributed by atoms with Gasteiger partial charge in [-0.2, -0.15) is 0 Å². The molecule has 0 bridgehead atoms. The Morgan fingerprint density at radius 1 is 1.24 bits per heavy atom. The SMILES string of the molecule is CCc1ccc(CN(C)C(=O)Nc2cccc(OCCOC)c2)nc1. The van der Waals surface area contributed by atoms with Gasteiger partial charge in [0.1, 0.15) is 12.4 Å². The van der Waals surface area contributed by atoms with Crippen LogP contribution in [0.5, 0.6) is 5.75 Å². The fourth-order valence-electron chi connectivity index (χ4n) is 2.20. The first-order chi connectivity index (χ1) is 12.1. The molecule has 134 valence electrons. The van der Waals surface area contributed by atoms with Gasteiger partial charge in [-0.05, 0) is 30.2 Å². The summed E-state index contributed by atoms with van der Waals surface area (Å²) in [5, 5.41) is 2.86. The Kier molecular flexibility index (Phi) is 7.22. The van der Waals surface area contributed by atoms with Gasteiger partial charge in [-0.15, -0.1) is 0 Å². The number of aromatic nitrogens is 1. The summed E-state index contributed by atoms with van der Waals surface area (Å²) in [5.41, 5.74) is 2.72. The molecule has 0 aliphatic heterocycles. The van der Waals surface area contributed by atoms with Crippen LogP contribution in [0.1, 0.15) is 18.2 Å². The topological polar surface area (TPSA) is 63.7 Å². The zero-order valence-electron chi connectivity index (χ0n) is 15.0. The average Bonchev–Trinajstić information content (AvgIpc) is 2.63. The van der Waals surface area contributed by atoms with Crippen molar-refractivity contribution in [2.45, 2.75) is 19.9 Å². The number of amides is 2. The van der Waals surface area contributed by atoms with Gasteiger partial charge in [-0.1, -0.05) is 19.1 Å². The van der Waals surface area contributed by atoms with Gasteiger partial charge in [-0.3, -0.25) is 4.98 Å². The van der Waals surface area contributed by atoms with Gasteiger partial charge >= 0.3 is 6.03 Å². The van der Waals surface area contributed by atoms with E-state index in [-0.39, 0.29) is 6.03 Å². The minimum absolute atomic E-state index is 0.199. The second kappa shape index (κ2) is 9.64. The number of methoxy groups -OCH3 is 1. The molecule has 0 aliphatic carbocycles. The van der Waals surface area contributed by atoms with Crippen LogP contribution < -0.4 is 10.1 Å². The predicted octanol–water partition coefficient (Wildman–Crippen LogP) is 3.33. The molecule has 2 amide bonds. The molecule has 0 atom stereocenters. The molecule has 0 spiro atoms. The summed E-state index contributed by atoms with van der Waals surface area (Å²) in [4.78, 5) is 18.3. The summed E-state index contributed by atoms with van der Waals surface area (Å²) in [6.45, 7) is 3.51. The molecule has 0 saturated heterocycles.